The zero-order valence-corrected chi connectivity index (χ0v) is 17.0. The van der Waals surface area contributed by atoms with Gasteiger partial charge in [-0.05, 0) is 25.1 Å². The second kappa shape index (κ2) is 7.46. The first-order valence-electron chi connectivity index (χ1n) is 9.40. The molecule has 8 nitrogen and oxygen atoms in total. The number of para-hydroxylation sites is 2. The largest absolute Gasteiger partial charge is 0.493 e. The number of anilines is 2. The molecule has 150 valence electrons. The van der Waals surface area contributed by atoms with Crippen LogP contribution in [-0.4, -0.2) is 40.8 Å². The van der Waals surface area contributed by atoms with Gasteiger partial charge in [0.25, 0.3) is 0 Å². The summed E-state index contributed by atoms with van der Waals surface area (Å²) in [6, 6.07) is 11.7. The molecule has 8 heteroatoms. The molecule has 2 heterocycles. The van der Waals surface area contributed by atoms with Crippen molar-refractivity contribution >= 4 is 33.7 Å². The monoisotopic (exact) mass is 392 g/mol. The number of benzene rings is 2. The first-order valence-corrected chi connectivity index (χ1v) is 9.40. The predicted octanol–water partition coefficient (Wildman–Crippen LogP) is 3.24. The number of hydrogen-bond donors (Lipinski definition) is 1. The van der Waals surface area contributed by atoms with Crippen LogP contribution in [0.1, 0.15) is 12.7 Å². The van der Waals surface area contributed by atoms with E-state index in [0.29, 0.717) is 35.3 Å². The highest BCUT2D eigenvalue weighted by Crippen LogP contribution is 2.34. The van der Waals surface area contributed by atoms with E-state index in [1.165, 1.54) is 0 Å². The molecule has 4 rings (SSSR count). The highest BCUT2D eigenvalue weighted by atomic mass is 16.5. The summed E-state index contributed by atoms with van der Waals surface area (Å²) in [5.74, 6) is 3.05. The standard InChI is InChI=1S/C21H24N6O2/c1-5-27-16-9-7-6-8-14(16)23-19(27)12-26(2)21-24-15-11-18(29-4)17(28-3)10-13(15)20(22)25-21/h6-11H,5,12H2,1-4H3,(H2,22,24,25). The molecule has 0 aliphatic rings. The van der Waals surface area contributed by atoms with Crippen LogP contribution in [-0.2, 0) is 13.1 Å². The van der Waals surface area contributed by atoms with Crippen molar-refractivity contribution in [1.29, 1.82) is 0 Å². The lowest BCUT2D eigenvalue weighted by atomic mass is 10.2. The Morgan fingerprint density at radius 1 is 1.00 bits per heavy atom. The van der Waals surface area contributed by atoms with Crippen LogP contribution < -0.4 is 20.1 Å². The van der Waals surface area contributed by atoms with Gasteiger partial charge in [0.05, 0.1) is 37.3 Å². The third-order valence-corrected chi connectivity index (χ3v) is 4.99. The Bertz CT molecular complexity index is 1190. The normalized spacial score (nSPS) is 11.2. The number of rotatable bonds is 6. The summed E-state index contributed by atoms with van der Waals surface area (Å²) >= 11 is 0. The van der Waals surface area contributed by atoms with E-state index in [4.69, 9.17) is 20.2 Å². The molecular weight excluding hydrogens is 368 g/mol. The fraction of sp³-hybridized carbons (Fsp3) is 0.286. The second-order valence-corrected chi connectivity index (χ2v) is 6.75. The second-order valence-electron chi connectivity index (χ2n) is 6.75. The van der Waals surface area contributed by atoms with Gasteiger partial charge in [0.1, 0.15) is 11.6 Å². The number of nitrogen functional groups attached to an aromatic ring is 1. The number of aromatic nitrogens is 4. The molecule has 0 amide bonds. The Hall–Kier alpha value is -3.55. The maximum absolute atomic E-state index is 6.23. The Labute approximate surface area is 168 Å². The van der Waals surface area contributed by atoms with Crippen LogP contribution in [0.15, 0.2) is 36.4 Å². The van der Waals surface area contributed by atoms with E-state index in [-0.39, 0.29) is 0 Å². The average molecular weight is 392 g/mol. The van der Waals surface area contributed by atoms with Gasteiger partial charge in [0, 0.05) is 25.0 Å². The molecule has 0 spiro atoms. The SMILES string of the molecule is CCn1c(CN(C)c2nc(N)c3cc(OC)c(OC)cc3n2)nc2ccccc21. The first kappa shape index (κ1) is 18.8. The molecule has 0 unspecified atom stereocenters. The molecule has 4 aromatic rings. The van der Waals surface area contributed by atoms with E-state index >= 15 is 0 Å². The van der Waals surface area contributed by atoms with Crippen LogP contribution in [0.25, 0.3) is 21.9 Å². The summed E-state index contributed by atoms with van der Waals surface area (Å²) in [6.45, 7) is 3.50. The lowest BCUT2D eigenvalue weighted by Crippen LogP contribution is -2.22. The van der Waals surface area contributed by atoms with E-state index in [2.05, 4.69) is 27.5 Å². The topological polar surface area (TPSA) is 91.3 Å². The number of nitrogens with zero attached hydrogens (tertiary/aromatic N) is 5. The van der Waals surface area contributed by atoms with Crippen molar-refractivity contribution in [2.24, 2.45) is 0 Å². The number of aryl methyl sites for hydroxylation is 1. The molecule has 0 atom stereocenters. The van der Waals surface area contributed by atoms with Gasteiger partial charge < -0.3 is 24.7 Å². The molecule has 2 aromatic carbocycles. The van der Waals surface area contributed by atoms with Gasteiger partial charge in [-0.1, -0.05) is 12.1 Å². The van der Waals surface area contributed by atoms with E-state index < -0.39 is 0 Å². The van der Waals surface area contributed by atoms with Crippen molar-refractivity contribution in [3.63, 3.8) is 0 Å². The van der Waals surface area contributed by atoms with Crippen molar-refractivity contribution < 1.29 is 9.47 Å². The zero-order chi connectivity index (χ0) is 20.5. The number of imidazole rings is 1. The lowest BCUT2D eigenvalue weighted by Gasteiger charge is -2.19. The first-order chi connectivity index (χ1) is 14.0. The van der Waals surface area contributed by atoms with E-state index in [1.54, 1.807) is 20.3 Å². The minimum absolute atomic E-state index is 0.391. The number of hydrogen-bond acceptors (Lipinski definition) is 7. The van der Waals surface area contributed by atoms with Gasteiger partial charge in [-0.3, -0.25) is 0 Å². The molecule has 0 fully saturated rings. The van der Waals surface area contributed by atoms with Crippen LogP contribution in [0, 0.1) is 0 Å². The highest BCUT2D eigenvalue weighted by Gasteiger charge is 2.16. The molecule has 0 bridgehead atoms. The van der Waals surface area contributed by atoms with Crippen LogP contribution in [0.2, 0.25) is 0 Å². The van der Waals surface area contributed by atoms with Crippen LogP contribution in [0.4, 0.5) is 11.8 Å². The van der Waals surface area contributed by atoms with E-state index in [0.717, 1.165) is 28.8 Å². The maximum atomic E-state index is 6.23. The van der Waals surface area contributed by atoms with Crippen molar-refractivity contribution in [2.75, 3.05) is 31.9 Å². The molecule has 0 aliphatic carbocycles. The smallest absolute Gasteiger partial charge is 0.228 e. The fourth-order valence-electron chi connectivity index (χ4n) is 3.52. The molecular formula is C21H24N6O2. The summed E-state index contributed by atoms with van der Waals surface area (Å²) in [7, 11) is 5.11. The van der Waals surface area contributed by atoms with Gasteiger partial charge in [-0.25, -0.2) is 9.97 Å². The Balaban J connectivity index is 1.73. The zero-order valence-electron chi connectivity index (χ0n) is 17.0. The van der Waals surface area contributed by atoms with Gasteiger partial charge in [-0.2, -0.15) is 4.98 Å². The minimum atomic E-state index is 0.391. The molecule has 0 radical (unpaired) electrons. The third-order valence-electron chi connectivity index (χ3n) is 4.99. The number of nitrogens with two attached hydrogens (primary N) is 1. The van der Waals surface area contributed by atoms with E-state index in [1.807, 2.05) is 36.2 Å². The molecule has 2 N–H and O–H groups in total. The fourth-order valence-corrected chi connectivity index (χ4v) is 3.52. The lowest BCUT2D eigenvalue weighted by molar-refractivity contribution is 0.356. The molecule has 0 saturated carbocycles. The van der Waals surface area contributed by atoms with Gasteiger partial charge in [0.2, 0.25) is 5.95 Å². The van der Waals surface area contributed by atoms with Gasteiger partial charge in [0.15, 0.2) is 11.5 Å². The number of ether oxygens (including phenoxy) is 2. The summed E-state index contributed by atoms with van der Waals surface area (Å²) < 4.78 is 12.9. The molecule has 2 aromatic heterocycles. The molecule has 29 heavy (non-hydrogen) atoms. The van der Waals surface area contributed by atoms with Crippen molar-refractivity contribution in [2.45, 2.75) is 20.0 Å². The Morgan fingerprint density at radius 3 is 2.45 bits per heavy atom. The molecule has 0 aliphatic heterocycles. The van der Waals surface area contributed by atoms with Crippen molar-refractivity contribution in [3.05, 3.63) is 42.2 Å². The van der Waals surface area contributed by atoms with Crippen LogP contribution >= 0.6 is 0 Å². The third kappa shape index (κ3) is 3.26. The average Bonchev–Trinajstić information content (AvgIpc) is 3.09. The Morgan fingerprint density at radius 2 is 1.72 bits per heavy atom. The van der Waals surface area contributed by atoms with Crippen molar-refractivity contribution in [1.82, 2.24) is 19.5 Å². The van der Waals surface area contributed by atoms with Gasteiger partial charge in [-0.15, -0.1) is 0 Å². The maximum Gasteiger partial charge on any atom is 0.228 e. The summed E-state index contributed by atoms with van der Waals surface area (Å²) in [4.78, 5) is 15.9. The minimum Gasteiger partial charge on any atom is -0.493 e. The van der Waals surface area contributed by atoms with Crippen molar-refractivity contribution in [3.8, 4) is 11.5 Å². The number of methoxy groups -OCH3 is 2. The summed E-state index contributed by atoms with van der Waals surface area (Å²) in [5.41, 5.74) is 9.02. The van der Waals surface area contributed by atoms with Crippen LogP contribution in [0.5, 0.6) is 11.5 Å². The number of fused-ring (bicyclic) bond motifs is 2. The van der Waals surface area contributed by atoms with Gasteiger partial charge >= 0.3 is 0 Å². The van der Waals surface area contributed by atoms with Crippen LogP contribution in [0.3, 0.4) is 0 Å². The predicted molar refractivity (Wildman–Crippen MR) is 115 cm³/mol. The molecule has 0 saturated heterocycles. The summed E-state index contributed by atoms with van der Waals surface area (Å²) in [6.07, 6.45) is 0. The van der Waals surface area contributed by atoms with E-state index in [9.17, 15) is 0 Å². The summed E-state index contributed by atoms with van der Waals surface area (Å²) in [5, 5.41) is 0.723. The highest BCUT2D eigenvalue weighted by molar-refractivity contribution is 5.91. The quantitative estimate of drug-likeness (QED) is 0.538. The Kier molecular flexibility index (Phi) is 4.84.